The van der Waals surface area contributed by atoms with Crippen molar-refractivity contribution in [2.45, 2.75) is 27.7 Å². The number of furan rings is 1. The molecule has 10 nitrogen and oxygen atoms in total. The summed E-state index contributed by atoms with van der Waals surface area (Å²) in [6.07, 6.45) is 0. The van der Waals surface area contributed by atoms with Crippen LogP contribution in [0.5, 0.6) is 5.75 Å². The Balaban J connectivity index is 2.19. The summed E-state index contributed by atoms with van der Waals surface area (Å²) < 4.78 is 20.1. The number of esters is 3. The minimum absolute atomic E-state index is 0.0241. The van der Waals surface area contributed by atoms with Crippen LogP contribution in [0.3, 0.4) is 0 Å². The second-order valence-electron chi connectivity index (χ2n) is 6.27. The fraction of sp³-hybridized carbons (Fsp3) is 0.333. The summed E-state index contributed by atoms with van der Waals surface area (Å²) in [4.78, 5) is 49.0. The summed E-state index contributed by atoms with van der Waals surface area (Å²) in [6, 6.07) is 4.51. The van der Waals surface area contributed by atoms with Gasteiger partial charge in [0.25, 0.3) is 5.91 Å². The van der Waals surface area contributed by atoms with Crippen LogP contribution in [0.25, 0.3) is 0 Å². The number of rotatable bonds is 8. The average Bonchev–Trinajstić information content (AvgIpc) is 3.04. The number of aromatic hydroxyl groups is 1. The van der Waals surface area contributed by atoms with Crippen molar-refractivity contribution in [2.75, 3.05) is 25.1 Å². The number of aryl methyl sites for hydroxylation is 2. The molecule has 0 radical (unpaired) electrons. The summed E-state index contributed by atoms with van der Waals surface area (Å²) in [5.41, 5.74) is -0.0972. The van der Waals surface area contributed by atoms with E-state index in [-0.39, 0.29) is 47.3 Å². The third-order valence-electron chi connectivity index (χ3n) is 4.09. The van der Waals surface area contributed by atoms with Gasteiger partial charge in [0.2, 0.25) is 5.88 Å². The van der Waals surface area contributed by atoms with Crippen molar-refractivity contribution in [3.05, 3.63) is 46.2 Å². The number of para-hydroxylation sites is 1. The largest absolute Gasteiger partial charge is 0.507 e. The van der Waals surface area contributed by atoms with Crippen LogP contribution >= 0.6 is 0 Å². The molecule has 0 saturated carbocycles. The first-order chi connectivity index (χ1) is 14.7. The molecule has 166 valence electrons. The molecule has 0 aliphatic heterocycles. The number of amides is 1. The van der Waals surface area contributed by atoms with Crippen LogP contribution in [0.4, 0.5) is 5.88 Å². The zero-order valence-corrected chi connectivity index (χ0v) is 17.6. The first-order valence-electron chi connectivity index (χ1n) is 9.44. The first kappa shape index (κ1) is 23.5. The van der Waals surface area contributed by atoms with Crippen molar-refractivity contribution >= 4 is 29.7 Å². The second-order valence-corrected chi connectivity index (χ2v) is 6.27. The molecule has 31 heavy (non-hydrogen) atoms. The minimum Gasteiger partial charge on any atom is -0.507 e. The molecule has 1 aromatic heterocycles. The molecule has 1 amide bonds. The molecule has 1 aromatic carbocycles. The molecule has 1 heterocycles. The molecule has 10 heteroatoms. The van der Waals surface area contributed by atoms with Crippen LogP contribution in [0.15, 0.2) is 22.6 Å². The van der Waals surface area contributed by atoms with Gasteiger partial charge in [-0.2, -0.15) is 0 Å². The molecular weight excluding hydrogens is 410 g/mol. The lowest BCUT2D eigenvalue weighted by Crippen LogP contribution is -2.22. The molecule has 2 aromatic rings. The third kappa shape index (κ3) is 5.41. The molecule has 2 rings (SSSR count). The highest BCUT2D eigenvalue weighted by molar-refractivity contribution is 6.09. The van der Waals surface area contributed by atoms with Crippen LogP contribution in [0, 0.1) is 13.8 Å². The van der Waals surface area contributed by atoms with Crippen molar-refractivity contribution in [1.82, 2.24) is 0 Å². The van der Waals surface area contributed by atoms with Crippen molar-refractivity contribution in [3.63, 3.8) is 0 Å². The van der Waals surface area contributed by atoms with E-state index in [9.17, 15) is 24.3 Å². The van der Waals surface area contributed by atoms with E-state index in [0.717, 1.165) is 0 Å². The van der Waals surface area contributed by atoms with Crippen LogP contribution in [-0.4, -0.2) is 48.7 Å². The Morgan fingerprint density at radius 1 is 0.935 bits per heavy atom. The van der Waals surface area contributed by atoms with E-state index in [0.29, 0.717) is 5.56 Å². The maximum Gasteiger partial charge on any atom is 0.344 e. The number of benzene rings is 1. The standard InChI is InChI=1S/C21H23NO9/c1-5-28-20(26)15-12(4)31-18(16(15)21(27)29-6-2)22-14(23)10-30-19(25)13-9-7-8-11(3)17(13)24/h7-9,24H,5-6,10H2,1-4H3,(H,22,23). The quantitative estimate of drug-likeness (QED) is 0.475. The molecule has 0 spiro atoms. The molecule has 0 atom stereocenters. The van der Waals surface area contributed by atoms with Gasteiger partial charge < -0.3 is 23.7 Å². The van der Waals surface area contributed by atoms with E-state index in [1.54, 1.807) is 32.9 Å². The Kier molecular flexibility index (Phi) is 7.78. The monoisotopic (exact) mass is 433 g/mol. The predicted octanol–water partition coefficient (Wildman–Crippen LogP) is 2.75. The van der Waals surface area contributed by atoms with Crippen LogP contribution in [0.2, 0.25) is 0 Å². The van der Waals surface area contributed by atoms with E-state index >= 15 is 0 Å². The Bertz CT molecular complexity index is 1010. The van der Waals surface area contributed by atoms with Gasteiger partial charge in [-0.25, -0.2) is 14.4 Å². The van der Waals surface area contributed by atoms with Gasteiger partial charge in [-0.3, -0.25) is 10.1 Å². The number of anilines is 1. The predicted molar refractivity (Wildman–Crippen MR) is 107 cm³/mol. The average molecular weight is 433 g/mol. The Labute approximate surface area is 178 Å². The number of ether oxygens (including phenoxy) is 3. The number of phenols is 1. The van der Waals surface area contributed by atoms with Gasteiger partial charge >= 0.3 is 17.9 Å². The Hall–Kier alpha value is -3.82. The molecule has 0 saturated heterocycles. The van der Waals surface area contributed by atoms with Gasteiger partial charge in [-0.05, 0) is 39.3 Å². The lowest BCUT2D eigenvalue weighted by molar-refractivity contribution is -0.119. The minimum atomic E-state index is -0.912. The zero-order chi connectivity index (χ0) is 23.1. The van der Waals surface area contributed by atoms with Crippen LogP contribution < -0.4 is 5.32 Å². The van der Waals surface area contributed by atoms with Crippen LogP contribution in [-0.2, 0) is 19.0 Å². The third-order valence-corrected chi connectivity index (χ3v) is 4.09. The summed E-state index contributed by atoms with van der Waals surface area (Å²) in [6.45, 7) is 5.56. The van der Waals surface area contributed by atoms with E-state index < -0.39 is 30.4 Å². The topological polar surface area (TPSA) is 141 Å². The zero-order valence-electron chi connectivity index (χ0n) is 17.6. The van der Waals surface area contributed by atoms with Crippen molar-refractivity contribution in [1.29, 1.82) is 0 Å². The molecule has 0 unspecified atom stereocenters. The SMILES string of the molecule is CCOC(=O)c1c(C)oc(NC(=O)COC(=O)c2cccc(C)c2O)c1C(=O)OCC. The highest BCUT2D eigenvalue weighted by atomic mass is 16.5. The van der Waals surface area contributed by atoms with Crippen molar-refractivity contribution < 1.29 is 42.9 Å². The molecule has 0 bridgehead atoms. The number of phenolic OH excluding ortho intramolecular Hbond substituents is 1. The molecule has 0 fully saturated rings. The number of nitrogens with one attached hydrogen (secondary N) is 1. The number of hydrogen-bond donors (Lipinski definition) is 2. The van der Waals surface area contributed by atoms with Crippen molar-refractivity contribution in [3.8, 4) is 5.75 Å². The second kappa shape index (κ2) is 10.3. The van der Waals surface area contributed by atoms with E-state index in [2.05, 4.69) is 5.32 Å². The van der Waals surface area contributed by atoms with Gasteiger partial charge in [0.1, 0.15) is 28.2 Å². The van der Waals surface area contributed by atoms with Gasteiger partial charge in [-0.1, -0.05) is 12.1 Å². The Morgan fingerprint density at radius 3 is 2.16 bits per heavy atom. The summed E-state index contributed by atoms with van der Waals surface area (Å²) in [5, 5.41) is 12.2. The lowest BCUT2D eigenvalue weighted by Gasteiger charge is -2.09. The number of carbonyl (C=O) groups is 4. The normalized spacial score (nSPS) is 10.3. The van der Waals surface area contributed by atoms with Gasteiger partial charge in [0.15, 0.2) is 6.61 Å². The number of carbonyl (C=O) groups excluding carboxylic acids is 4. The van der Waals surface area contributed by atoms with E-state index in [1.165, 1.54) is 13.0 Å². The van der Waals surface area contributed by atoms with Gasteiger partial charge in [-0.15, -0.1) is 0 Å². The lowest BCUT2D eigenvalue weighted by atomic mass is 10.1. The molecule has 0 aliphatic rings. The first-order valence-corrected chi connectivity index (χ1v) is 9.44. The smallest absolute Gasteiger partial charge is 0.344 e. The number of hydrogen-bond acceptors (Lipinski definition) is 9. The van der Waals surface area contributed by atoms with Gasteiger partial charge in [0.05, 0.1) is 13.2 Å². The maximum atomic E-state index is 12.4. The van der Waals surface area contributed by atoms with E-state index in [1.807, 2.05) is 0 Å². The molecule has 2 N–H and O–H groups in total. The summed E-state index contributed by atoms with van der Waals surface area (Å²) in [5.74, 6) is -4.00. The molecular formula is C21H23NO9. The maximum absolute atomic E-state index is 12.4. The Morgan fingerprint density at radius 2 is 1.55 bits per heavy atom. The molecule has 0 aliphatic carbocycles. The summed E-state index contributed by atoms with van der Waals surface area (Å²) >= 11 is 0. The highest BCUT2D eigenvalue weighted by Crippen LogP contribution is 2.29. The fourth-order valence-electron chi connectivity index (χ4n) is 2.68. The van der Waals surface area contributed by atoms with Crippen molar-refractivity contribution in [2.24, 2.45) is 0 Å². The summed E-state index contributed by atoms with van der Waals surface area (Å²) in [7, 11) is 0. The fourth-order valence-corrected chi connectivity index (χ4v) is 2.68. The van der Waals surface area contributed by atoms with Crippen LogP contribution in [0.1, 0.15) is 56.2 Å². The highest BCUT2D eigenvalue weighted by Gasteiger charge is 2.31. The van der Waals surface area contributed by atoms with E-state index in [4.69, 9.17) is 18.6 Å². The van der Waals surface area contributed by atoms with Gasteiger partial charge in [0, 0.05) is 0 Å².